The number of morpholine rings is 1. The largest absolute Gasteiger partial charge is 0.379 e. The minimum Gasteiger partial charge on any atom is -0.379 e. The topological polar surface area (TPSA) is 121 Å². The molecule has 3 aromatic rings. The number of nitrogens with zero attached hydrogens (tertiary/aromatic N) is 5. The van der Waals surface area contributed by atoms with E-state index in [9.17, 15) is 4.79 Å². The number of hydrogen-bond donors (Lipinski definition) is 3. The number of thiophene rings is 1. The Balaban J connectivity index is 1.34. The second kappa shape index (κ2) is 8.20. The van der Waals surface area contributed by atoms with Crippen molar-refractivity contribution in [1.82, 2.24) is 35.5 Å². The molecule has 3 N–H and O–H groups in total. The van der Waals surface area contributed by atoms with Crippen molar-refractivity contribution in [1.29, 1.82) is 0 Å². The highest BCUT2D eigenvalue weighted by molar-refractivity contribution is 7.13. The van der Waals surface area contributed by atoms with Gasteiger partial charge in [0.15, 0.2) is 5.82 Å². The molecule has 0 atom stereocenters. The molecule has 1 fully saturated rings. The van der Waals surface area contributed by atoms with Crippen LogP contribution in [0.4, 0.5) is 5.82 Å². The molecule has 3 aromatic heterocycles. The predicted octanol–water partition coefficient (Wildman–Crippen LogP) is 0.912. The first-order valence-corrected chi connectivity index (χ1v) is 9.28. The average Bonchev–Trinajstić information content (AvgIpc) is 3.39. The highest BCUT2D eigenvalue weighted by Gasteiger charge is 2.13. The molecule has 0 aromatic carbocycles. The van der Waals surface area contributed by atoms with Gasteiger partial charge in [-0.3, -0.25) is 25.6 Å². The number of carbonyl (C=O) groups is 1. The summed E-state index contributed by atoms with van der Waals surface area (Å²) >= 11 is 1.42. The average molecular weight is 386 g/mol. The van der Waals surface area contributed by atoms with Gasteiger partial charge in [-0.15, -0.1) is 11.3 Å². The molecule has 140 valence electrons. The molecule has 4 heterocycles. The summed E-state index contributed by atoms with van der Waals surface area (Å²) in [4.78, 5) is 28.2. The van der Waals surface area contributed by atoms with Crippen LogP contribution in [0.3, 0.4) is 0 Å². The zero-order chi connectivity index (χ0) is 18.5. The number of H-pyrrole nitrogens is 1. The minimum absolute atomic E-state index is 0.259. The van der Waals surface area contributed by atoms with Crippen molar-refractivity contribution < 1.29 is 9.53 Å². The second-order valence-corrected chi connectivity index (χ2v) is 6.77. The normalized spacial score (nSPS) is 14.8. The standard InChI is InChI=1S/C16H18N8O2S/c25-16(11-7-12(27-9-11)15-18-10-19-22-15)23-21-13-1-2-17-14(20-13)8-24-3-5-26-6-4-24/h1-2,7,9-10H,3-6,8H2,(H,23,25)(H,17,20,21)(H,18,19,22). The zero-order valence-electron chi connectivity index (χ0n) is 14.4. The minimum atomic E-state index is -0.259. The Morgan fingerprint density at radius 3 is 3.04 bits per heavy atom. The van der Waals surface area contributed by atoms with Gasteiger partial charge in [-0.2, -0.15) is 5.10 Å². The molecule has 0 spiro atoms. The van der Waals surface area contributed by atoms with Gasteiger partial charge in [0.2, 0.25) is 0 Å². The molecule has 0 unspecified atom stereocenters. The van der Waals surface area contributed by atoms with Crippen molar-refractivity contribution in [2.45, 2.75) is 6.54 Å². The van der Waals surface area contributed by atoms with Gasteiger partial charge in [-0.05, 0) is 6.07 Å². The molecule has 0 saturated carbocycles. The number of hydrogen-bond acceptors (Lipinski definition) is 9. The summed E-state index contributed by atoms with van der Waals surface area (Å²) in [7, 11) is 0. The number of carbonyl (C=O) groups excluding carboxylic acids is 1. The number of nitrogens with one attached hydrogen (secondary N) is 3. The van der Waals surface area contributed by atoms with Gasteiger partial charge >= 0.3 is 0 Å². The van der Waals surface area contributed by atoms with Crippen LogP contribution in [-0.4, -0.2) is 62.3 Å². The highest BCUT2D eigenvalue weighted by atomic mass is 32.1. The van der Waals surface area contributed by atoms with E-state index in [1.54, 1.807) is 23.7 Å². The van der Waals surface area contributed by atoms with Crippen LogP contribution in [0.1, 0.15) is 16.2 Å². The summed E-state index contributed by atoms with van der Waals surface area (Å²) in [6.07, 6.45) is 3.10. The number of rotatable bonds is 6. The van der Waals surface area contributed by atoms with E-state index in [2.05, 4.69) is 40.9 Å². The van der Waals surface area contributed by atoms with Crippen molar-refractivity contribution in [2.24, 2.45) is 0 Å². The smallest absolute Gasteiger partial charge is 0.270 e. The molecule has 10 nitrogen and oxygen atoms in total. The molecule has 27 heavy (non-hydrogen) atoms. The maximum atomic E-state index is 12.3. The Kier molecular flexibility index (Phi) is 5.32. The van der Waals surface area contributed by atoms with E-state index < -0.39 is 0 Å². The lowest BCUT2D eigenvalue weighted by molar-refractivity contribution is 0.0330. The van der Waals surface area contributed by atoms with E-state index in [-0.39, 0.29) is 5.91 Å². The summed E-state index contributed by atoms with van der Waals surface area (Å²) in [6.45, 7) is 3.83. The fraction of sp³-hybridized carbons (Fsp3) is 0.312. The van der Waals surface area contributed by atoms with E-state index in [1.165, 1.54) is 17.7 Å². The monoisotopic (exact) mass is 386 g/mol. The summed E-state index contributed by atoms with van der Waals surface area (Å²) in [5.41, 5.74) is 6.02. The molecule has 0 radical (unpaired) electrons. The van der Waals surface area contributed by atoms with Gasteiger partial charge in [0.05, 0.1) is 30.2 Å². The Morgan fingerprint density at radius 2 is 2.22 bits per heavy atom. The number of ether oxygens (including phenoxy) is 1. The number of amides is 1. The lowest BCUT2D eigenvalue weighted by Crippen LogP contribution is -2.36. The van der Waals surface area contributed by atoms with Crippen LogP contribution < -0.4 is 10.9 Å². The Labute approximate surface area is 159 Å². The van der Waals surface area contributed by atoms with Crippen LogP contribution >= 0.6 is 11.3 Å². The third kappa shape index (κ3) is 4.45. The van der Waals surface area contributed by atoms with Gasteiger partial charge in [0, 0.05) is 30.7 Å². The molecule has 1 aliphatic heterocycles. The van der Waals surface area contributed by atoms with Crippen molar-refractivity contribution in [3.05, 3.63) is 41.4 Å². The van der Waals surface area contributed by atoms with E-state index >= 15 is 0 Å². The number of aromatic amines is 1. The van der Waals surface area contributed by atoms with Crippen LogP contribution in [0.25, 0.3) is 10.7 Å². The number of anilines is 1. The van der Waals surface area contributed by atoms with Crippen LogP contribution in [0.2, 0.25) is 0 Å². The van der Waals surface area contributed by atoms with Crippen molar-refractivity contribution in [2.75, 3.05) is 31.7 Å². The van der Waals surface area contributed by atoms with Crippen LogP contribution in [0.15, 0.2) is 30.0 Å². The van der Waals surface area contributed by atoms with Gasteiger partial charge in [0.1, 0.15) is 18.0 Å². The molecule has 0 bridgehead atoms. The summed E-state index contributed by atoms with van der Waals surface area (Å²) in [6, 6.07) is 3.46. The fourth-order valence-corrected chi connectivity index (χ4v) is 3.43. The molecule has 11 heteroatoms. The molecule has 1 amide bonds. The highest BCUT2D eigenvalue weighted by Crippen LogP contribution is 2.23. The summed E-state index contributed by atoms with van der Waals surface area (Å²) < 4.78 is 5.34. The summed E-state index contributed by atoms with van der Waals surface area (Å²) in [5, 5.41) is 8.35. The van der Waals surface area contributed by atoms with Crippen LogP contribution in [-0.2, 0) is 11.3 Å². The van der Waals surface area contributed by atoms with Crippen LogP contribution in [0, 0.1) is 0 Å². The third-order valence-electron chi connectivity index (χ3n) is 3.99. The SMILES string of the molecule is O=C(NNc1ccnc(CN2CCOCC2)n1)c1csc(-c2ncn[nH]2)c1. The molecule has 0 aliphatic carbocycles. The first-order chi connectivity index (χ1) is 13.3. The molecule has 1 aliphatic rings. The lowest BCUT2D eigenvalue weighted by Gasteiger charge is -2.25. The van der Waals surface area contributed by atoms with Gasteiger partial charge in [-0.25, -0.2) is 15.0 Å². The predicted molar refractivity (Wildman–Crippen MR) is 98.9 cm³/mol. The van der Waals surface area contributed by atoms with Gasteiger partial charge in [0.25, 0.3) is 5.91 Å². The zero-order valence-corrected chi connectivity index (χ0v) is 15.2. The lowest BCUT2D eigenvalue weighted by atomic mass is 10.3. The third-order valence-corrected chi connectivity index (χ3v) is 4.93. The van der Waals surface area contributed by atoms with E-state index in [0.29, 0.717) is 29.6 Å². The Morgan fingerprint density at radius 1 is 1.33 bits per heavy atom. The van der Waals surface area contributed by atoms with Crippen molar-refractivity contribution in [3.63, 3.8) is 0 Å². The van der Waals surface area contributed by atoms with E-state index in [0.717, 1.165) is 31.2 Å². The Hall–Kier alpha value is -2.89. The maximum absolute atomic E-state index is 12.3. The molecule has 1 saturated heterocycles. The first kappa shape index (κ1) is 17.5. The quantitative estimate of drug-likeness (QED) is 0.535. The van der Waals surface area contributed by atoms with Gasteiger partial charge < -0.3 is 4.74 Å². The Bertz CT molecular complexity index is 891. The molecular weight excluding hydrogens is 368 g/mol. The van der Waals surface area contributed by atoms with Crippen molar-refractivity contribution in [3.8, 4) is 10.7 Å². The fourth-order valence-electron chi connectivity index (χ4n) is 2.60. The van der Waals surface area contributed by atoms with Gasteiger partial charge in [-0.1, -0.05) is 0 Å². The molecular formula is C16H18N8O2S. The van der Waals surface area contributed by atoms with Crippen molar-refractivity contribution >= 4 is 23.1 Å². The van der Waals surface area contributed by atoms with E-state index in [4.69, 9.17) is 4.74 Å². The first-order valence-electron chi connectivity index (χ1n) is 8.40. The van der Waals surface area contributed by atoms with E-state index in [1.807, 2.05) is 0 Å². The number of hydrazine groups is 1. The molecule has 4 rings (SSSR count). The van der Waals surface area contributed by atoms with Crippen LogP contribution in [0.5, 0.6) is 0 Å². The maximum Gasteiger partial charge on any atom is 0.270 e. The summed E-state index contributed by atoms with van der Waals surface area (Å²) in [5.74, 6) is 1.60. The second-order valence-electron chi connectivity index (χ2n) is 5.86. The number of aromatic nitrogens is 5.